The Labute approximate surface area is 132 Å². The van der Waals surface area contributed by atoms with Gasteiger partial charge in [0, 0.05) is 10.9 Å². The smallest absolute Gasteiger partial charge is 0.0704 e. The van der Waals surface area contributed by atoms with Crippen molar-refractivity contribution in [1.82, 2.24) is 5.32 Å². The van der Waals surface area contributed by atoms with E-state index in [1.54, 1.807) is 0 Å². The zero-order chi connectivity index (χ0) is 13.9. The molecule has 2 N–H and O–H groups in total. The molecule has 3 rings (SSSR count). The van der Waals surface area contributed by atoms with Crippen LogP contribution in [0.5, 0.6) is 0 Å². The maximum absolute atomic E-state index is 9.69. The van der Waals surface area contributed by atoms with Crippen LogP contribution in [0.4, 0.5) is 0 Å². The first kappa shape index (κ1) is 14.3. The second-order valence-electron chi connectivity index (χ2n) is 5.19. The highest BCUT2D eigenvalue weighted by Crippen LogP contribution is 2.38. The highest BCUT2D eigenvalue weighted by molar-refractivity contribution is 9.11. The van der Waals surface area contributed by atoms with Gasteiger partial charge in [-0.3, -0.25) is 0 Å². The van der Waals surface area contributed by atoms with E-state index < -0.39 is 0 Å². The van der Waals surface area contributed by atoms with Crippen molar-refractivity contribution in [3.63, 3.8) is 0 Å². The third-order valence-corrected chi connectivity index (χ3v) is 5.58. The molecule has 1 aromatic carbocycles. The third-order valence-electron chi connectivity index (χ3n) is 3.87. The number of thiophene rings is 1. The Morgan fingerprint density at radius 2 is 2.15 bits per heavy atom. The van der Waals surface area contributed by atoms with E-state index in [1.165, 1.54) is 27.1 Å². The molecule has 2 unspecified atom stereocenters. The monoisotopic (exact) mass is 351 g/mol. The van der Waals surface area contributed by atoms with Crippen molar-refractivity contribution < 1.29 is 5.11 Å². The summed E-state index contributed by atoms with van der Waals surface area (Å²) in [5, 5.41) is 13.3. The maximum atomic E-state index is 9.69. The van der Waals surface area contributed by atoms with Gasteiger partial charge in [-0.1, -0.05) is 30.3 Å². The number of hydrogen-bond acceptors (Lipinski definition) is 3. The van der Waals surface area contributed by atoms with E-state index in [-0.39, 0.29) is 12.6 Å². The van der Waals surface area contributed by atoms with Crippen LogP contribution >= 0.6 is 27.3 Å². The van der Waals surface area contributed by atoms with E-state index in [2.05, 4.69) is 39.4 Å². The highest BCUT2D eigenvalue weighted by atomic mass is 79.9. The Kier molecular flexibility index (Phi) is 4.56. The van der Waals surface area contributed by atoms with Crippen LogP contribution in [-0.4, -0.2) is 11.7 Å². The van der Waals surface area contributed by atoms with Crippen LogP contribution in [0.2, 0.25) is 0 Å². The van der Waals surface area contributed by atoms with Crippen molar-refractivity contribution in [2.75, 3.05) is 6.61 Å². The molecule has 0 spiro atoms. The van der Waals surface area contributed by atoms with E-state index in [0.717, 1.165) is 12.0 Å². The molecule has 4 heteroatoms. The molecule has 2 aromatic rings. The van der Waals surface area contributed by atoms with Gasteiger partial charge in [-0.2, -0.15) is 0 Å². The van der Waals surface area contributed by atoms with Crippen LogP contribution < -0.4 is 5.32 Å². The first-order valence-corrected chi connectivity index (χ1v) is 8.59. The molecule has 1 aliphatic rings. The van der Waals surface area contributed by atoms with E-state index >= 15 is 0 Å². The number of aliphatic hydroxyl groups excluding tert-OH is 1. The first-order chi connectivity index (χ1) is 9.78. The number of aryl methyl sites for hydroxylation is 1. The molecule has 0 fully saturated rings. The van der Waals surface area contributed by atoms with Crippen molar-refractivity contribution >= 4 is 27.3 Å². The molecule has 1 aromatic heterocycles. The van der Waals surface area contributed by atoms with Crippen molar-refractivity contribution in [2.24, 2.45) is 0 Å². The molecular weight excluding hydrogens is 334 g/mol. The van der Waals surface area contributed by atoms with Crippen molar-refractivity contribution in [2.45, 2.75) is 31.3 Å². The van der Waals surface area contributed by atoms with Crippen molar-refractivity contribution in [1.29, 1.82) is 0 Å². The van der Waals surface area contributed by atoms with E-state index in [9.17, 15) is 5.11 Å². The summed E-state index contributed by atoms with van der Waals surface area (Å²) in [5.74, 6) is 0. The van der Waals surface area contributed by atoms with E-state index in [4.69, 9.17) is 0 Å². The van der Waals surface area contributed by atoms with Gasteiger partial charge in [-0.25, -0.2) is 0 Å². The topological polar surface area (TPSA) is 32.3 Å². The van der Waals surface area contributed by atoms with Gasteiger partial charge >= 0.3 is 0 Å². The summed E-state index contributed by atoms with van der Waals surface area (Å²) in [7, 11) is 0. The Hall–Kier alpha value is -0.680. The van der Waals surface area contributed by atoms with E-state index in [1.807, 2.05) is 29.5 Å². The summed E-state index contributed by atoms with van der Waals surface area (Å²) in [6, 6.07) is 12.8. The van der Waals surface area contributed by atoms with Crippen LogP contribution in [0.3, 0.4) is 0 Å². The molecule has 0 saturated carbocycles. The lowest BCUT2D eigenvalue weighted by atomic mass is 9.92. The quantitative estimate of drug-likeness (QED) is 0.864. The minimum atomic E-state index is 0.00539. The standard InChI is InChI=1S/C16H18BrNOS/c17-16-9-12-13(7-4-8-15(12)20-16)18-14(10-19)11-5-2-1-3-6-11/h1-3,5-6,9,13-14,18-19H,4,7-8,10H2. The minimum Gasteiger partial charge on any atom is -0.394 e. The Morgan fingerprint density at radius 3 is 2.90 bits per heavy atom. The molecule has 1 aliphatic carbocycles. The second kappa shape index (κ2) is 6.39. The number of hydrogen-bond donors (Lipinski definition) is 2. The van der Waals surface area contributed by atoms with Crippen LogP contribution in [0.1, 0.15) is 40.9 Å². The average molecular weight is 352 g/mol. The van der Waals surface area contributed by atoms with Crippen LogP contribution in [0.15, 0.2) is 40.2 Å². The molecule has 0 aliphatic heterocycles. The Morgan fingerprint density at radius 1 is 1.35 bits per heavy atom. The normalized spacial score (nSPS) is 19.6. The lowest BCUT2D eigenvalue weighted by molar-refractivity contribution is 0.228. The lowest BCUT2D eigenvalue weighted by Crippen LogP contribution is -2.30. The molecule has 106 valence electrons. The highest BCUT2D eigenvalue weighted by Gasteiger charge is 2.25. The fourth-order valence-corrected chi connectivity index (χ4v) is 4.70. The second-order valence-corrected chi connectivity index (χ2v) is 7.70. The summed E-state index contributed by atoms with van der Waals surface area (Å²) in [6.45, 7) is 0.126. The summed E-state index contributed by atoms with van der Waals surface area (Å²) in [5.41, 5.74) is 2.55. The Bertz CT molecular complexity index is 569. The molecule has 20 heavy (non-hydrogen) atoms. The molecule has 0 amide bonds. The van der Waals surface area contributed by atoms with Gasteiger partial charge in [0.1, 0.15) is 0 Å². The molecule has 0 radical (unpaired) electrons. The zero-order valence-corrected chi connectivity index (χ0v) is 13.6. The summed E-state index contributed by atoms with van der Waals surface area (Å²) >= 11 is 5.43. The van der Waals surface area contributed by atoms with Gasteiger partial charge in [-0.15, -0.1) is 11.3 Å². The molecule has 2 atom stereocenters. The third kappa shape index (κ3) is 2.98. The summed E-state index contributed by atoms with van der Waals surface area (Å²) in [6.07, 6.45) is 3.53. The molecule has 0 saturated heterocycles. The van der Waals surface area contributed by atoms with Crippen LogP contribution in [0, 0.1) is 0 Å². The Balaban J connectivity index is 1.80. The molecular formula is C16H18BrNOS. The lowest BCUT2D eigenvalue weighted by Gasteiger charge is -2.28. The molecule has 1 heterocycles. The molecule has 2 nitrogen and oxygen atoms in total. The largest absolute Gasteiger partial charge is 0.394 e. The van der Waals surface area contributed by atoms with Gasteiger partial charge in [0.15, 0.2) is 0 Å². The minimum absolute atomic E-state index is 0.00539. The SMILES string of the molecule is OCC(NC1CCCc2sc(Br)cc21)c1ccccc1. The van der Waals surface area contributed by atoms with Gasteiger partial charge in [0.25, 0.3) is 0 Å². The van der Waals surface area contributed by atoms with Crippen molar-refractivity contribution in [3.05, 3.63) is 56.2 Å². The number of halogens is 1. The fraction of sp³-hybridized carbons (Fsp3) is 0.375. The average Bonchev–Trinajstić information content (AvgIpc) is 2.86. The van der Waals surface area contributed by atoms with Gasteiger partial charge in [0.05, 0.1) is 16.4 Å². The molecule has 0 bridgehead atoms. The van der Waals surface area contributed by atoms with Crippen LogP contribution in [-0.2, 0) is 6.42 Å². The number of benzene rings is 1. The fourth-order valence-electron chi connectivity index (χ4n) is 2.88. The number of nitrogens with one attached hydrogen (secondary N) is 1. The number of aliphatic hydroxyl groups is 1. The number of rotatable bonds is 4. The summed E-state index contributed by atoms with van der Waals surface area (Å²) in [4.78, 5) is 1.48. The predicted molar refractivity (Wildman–Crippen MR) is 87.1 cm³/mol. The zero-order valence-electron chi connectivity index (χ0n) is 11.2. The predicted octanol–water partition coefficient (Wildman–Crippen LogP) is 4.21. The first-order valence-electron chi connectivity index (χ1n) is 6.98. The number of fused-ring (bicyclic) bond motifs is 1. The van der Waals surface area contributed by atoms with Gasteiger partial charge < -0.3 is 10.4 Å². The maximum Gasteiger partial charge on any atom is 0.0704 e. The van der Waals surface area contributed by atoms with E-state index in [0.29, 0.717) is 6.04 Å². The van der Waals surface area contributed by atoms with Crippen LogP contribution in [0.25, 0.3) is 0 Å². The summed E-state index contributed by atoms with van der Waals surface area (Å²) < 4.78 is 1.21. The van der Waals surface area contributed by atoms with Gasteiger partial charge in [-0.05, 0) is 52.4 Å². The van der Waals surface area contributed by atoms with Crippen molar-refractivity contribution in [3.8, 4) is 0 Å². The van der Waals surface area contributed by atoms with Gasteiger partial charge in [0.2, 0.25) is 0 Å².